The van der Waals surface area contributed by atoms with Gasteiger partial charge in [0.05, 0.1) is 30.5 Å². The summed E-state index contributed by atoms with van der Waals surface area (Å²) in [6, 6.07) is 14.8. The topological polar surface area (TPSA) is 144 Å². The molecule has 4 atom stereocenters. The van der Waals surface area contributed by atoms with E-state index in [9.17, 15) is 22.8 Å². The van der Waals surface area contributed by atoms with Crippen LogP contribution < -0.4 is 14.8 Å². The predicted octanol–water partition coefficient (Wildman–Crippen LogP) is 5.57. The van der Waals surface area contributed by atoms with Crippen LogP contribution in [0.2, 0.25) is 10.0 Å². The van der Waals surface area contributed by atoms with Gasteiger partial charge in [-0.15, -0.1) is 0 Å². The van der Waals surface area contributed by atoms with E-state index >= 15 is 0 Å². The Labute approximate surface area is 296 Å². The molecule has 11 nitrogen and oxygen atoms in total. The molecule has 0 saturated heterocycles. The summed E-state index contributed by atoms with van der Waals surface area (Å²) in [5, 5.41) is 3.64. The third kappa shape index (κ3) is 9.10. The Morgan fingerprint density at radius 1 is 1.00 bits per heavy atom. The zero-order valence-corrected chi connectivity index (χ0v) is 30.1. The van der Waals surface area contributed by atoms with E-state index < -0.39 is 51.5 Å². The van der Waals surface area contributed by atoms with Gasteiger partial charge in [0.15, 0.2) is 6.61 Å². The zero-order valence-electron chi connectivity index (χ0n) is 27.7. The van der Waals surface area contributed by atoms with Gasteiger partial charge in [0.2, 0.25) is 21.8 Å². The lowest BCUT2D eigenvalue weighted by Gasteiger charge is -2.49. The minimum atomic E-state index is -3.61. The van der Waals surface area contributed by atoms with E-state index in [1.807, 2.05) is 0 Å². The predicted molar refractivity (Wildman–Crippen MR) is 186 cm³/mol. The maximum Gasteiger partial charge on any atom is 0.344 e. The number of hydrogen-bond acceptors (Lipinski definition) is 8. The Morgan fingerprint density at radius 3 is 2.45 bits per heavy atom. The van der Waals surface area contributed by atoms with E-state index in [1.165, 1.54) is 0 Å². The normalized spacial score (nSPS) is 21.1. The van der Waals surface area contributed by atoms with Gasteiger partial charge in [-0.2, -0.15) is 0 Å². The smallest absolute Gasteiger partial charge is 0.344 e. The van der Waals surface area contributed by atoms with Crippen LogP contribution in [0.15, 0.2) is 60.7 Å². The molecule has 2 N–H and O–H groups in total. The van der Waals surface area contributed by atoms with Crippen molar-refractivity contribution in [1.29, 1.82) is 0 Å². The van der Waals surface area contributed by atoms with Gasteiger partial charge in [-0.3, -0.25) is 9.59 Å². The van der Waals surface area contributed by atoms with Crippen LogP contribution in [-0.2, 0) is 30.9 Å². The SMILES string of the molecule is CC(C)(C)OC(=O)COc1cccc(CNC(=O)[C@@H]2c3ccccc3C(=O)N([C@H]3CCCC[C@@H]3NS(C)(=O)=O)[C@H]2c2ccc(Cl)cc2Cl)n1. The van der Waals surface area contributed by atoms with E-state index in [0.29, 0.717) is 40.2 Å². The molecule has 0 bridgehead atoms. The van der Waals surface area contributed by atoms with Gasteiger partial charge in [-0.25, -0.2) is 22.9 Å². The highest BCUT2D eigenvalue weighted by Crippen LogP contribution is 2.48. The van der Waals surface area contributed by atoms with Gasteiger partial charge in [0, 0.05) is 33.8 Å². The van der Waals surface area contributed by atoms with Crippen molar-refractivity contribution in [2.75, 3.05) is 12.9 Å². The number of benzene rings is 2. The molecule has 0 radical (unpaired) electrons. The van der Waals surface area contributed by atoms with Gasteiger partial charge in [0.25, 0.3) is 5.91 Å². The first-order valence-electron chi connectivity index (χ1n) is 16.0. The van der Waals surface area contributed by atoms with Crippen molar-refractivity contribution >= 4 is 51.0 Å². The number of nitrogens with one attached hydrogen (secondary N) is 2. The minimum absolute atomic E-state index is 0.0117. The second kappa shape index (κ2) is 15.0. The number of carbonyl (C=O) groups is 3. The second-order valence-corrected chi connectivity index (χ2v) is 15.9. The molecule has 1 aliphatic heterocycles. The van der Waals surface area contributed by atoms with Crippen LogP contribution >= 0.6 is 23.2 Å². The first-order valence-corrected chi connectivity index (χ1v) is 18.7. The number of esters is 1. The molecule has 0 spiro atoms. The van der Waals surface area contributed by atoms with Crippen molar-refractivity contribution in [3.8, 4) is 5.88 Å². The summed E-state index contributed by atoms with van der Waals surface area (Å²) >= 11 is 13.1. The van der Waals surface area contributed by atoms with Crippen molar-refractivity contribution in [2.45, 2.75) is 82.6 Å². The Morgan fingerprint density at radius 2 is 1.73 bits per heavy atom. The van der Waals surface area contributed by atoms with Crippen molar-refractivity contribution in [3.05, 3.63) is 93.1 Å². The number of halogens is 2. The van der Waals surface area contributed by atoms with Gasteiger partial charge in [-0.05, 0) is 69.0 Å². The van der Waals surface area contributed by atoms with Crippen LogP contribution in [0.1, 0.15) is 85.6 Å². The summed E-state index contributed by atoms with van der Waals surface area (Å²) in [6.07, 6.45) is 3.71. The fraction of sp³-hybridized carbons (Fsp3) is 0.429. The Hall–Kier alpha value is -3.71. The summed E-state index contributed by atoms with van der Waals surface area (Å²) in [7, 11) is -3.61. The van der Waals surface area contributed by atoms with Crippen LogP contribution in [0, 0.1) is 0 Å². The van der Waals surface area contributed by atoms with Gasteiger partial charge >= 0.3 is 5.97 Å². The third-order valence-electron chi connectivity index (χ3n) is 8.37. The molecule has 2 aromatic carbocycles. The number of rotatable bonds is 10. The molecular weight excluding hydrogens is 691 g/mol. The number of nitrogens with zero attached hydrogens (tertiary/aromatic N) is 2. The van der Waals surface area contributed by atoms with E-state index in [4.69, 9.17) is 32.7 Å². The van der Waals surface area contributed by atoms with Gasteiger partial charge in [0.1, 0.15) is 5.60 Å². The van der Waals surface area contributed by atoms with Crippen molar-refractivity contribution in [2.24, 2.45) is 0 Å². The Kier molecular flexibility index (Phi) is 11.2. The molecule has 14 heteroatoms. The van der Waals surface area contributed by atoms with E-state index in [2.05, 4.69) is 15.0 Å². The standard InChI is InChI=1S/C35H40Cl2N4O7S/c1-35(2,3)48-30(42)20-47-29-15-9-10-22(39-29)19-38-33(43)31-23-11-5-6-12-24(23)34(44)41(32(31)25-17-16-21(36)18-26(25)37)28-14-8-7-13-27(28)40-49(4,45)46/h5-6,9-12,15-18,27-28,31-32,40H,7-8,13-14,19-20H2,1-4H3,(H,38,43)/t27-,28-,31+,32-/m0/s1. The van der Waals surface area contributed by atoms with Gasteiger partial charge in [-0.1, -0.05) is 66.4 Å². The number of aromatic nitrogens is 1. The monoisotopic (exact) mass is 730 g/mol. The molecule has 3 aromatic rings. The average molecular weight is 732 g/mol. The number of ether oxygens (including phenoxy) is 2. The number of fused-ring (bicyclic) bond motifs is 1. The fourth-order valence-electron chi connectivity index (χ4n) is 6.56. The van der Waals surface area contributed by atoms with Crippen LogP contribution in [0.3, 0.4) is 0 Å². The number of amides is 2. The summed E-state index contributed by atoms with van der Waals surface area (Å²) < 4.78 is 38.5. The largest absolute Gasteiger partial charge is 0.466 e. The maximum atomic E-state index is 14.5. The molecule has 1 aromatic heterocycles. The van der Waals surface area contributed by atoms with Crippen LogP contribution in [0.4, 0.5) is 0 Å². The summed E-state index contributed by atoms with van der Waals surface area (Å²) in [5.41, 5.74) is 1.19. The number of hydrogen-bond donors (Lipinski definition) is 2. The fourth-order valence-corrected chi connectivity index (χ4v) is 7.90. The highest BCUT2D eigenvalue weighted by molar-refractivity contribution is 7.88. The molecule has 2 heterocycles. The number of sulfonamides is 1. The van der Waals surface area contributed by atoms with E-state index in [0.717, 1.165) is 19.1 Å². The van der Waals surface area contributed by atoms with Crippen LogP contribution in [0.25, 0.3) is 0 Å². The Bertz CT molecular complexity index is 1830. The second-order valence-electron chi connectivity index (χ2n) is 13.3. The van der Waals surface area contributed by atoms with Crippen molar-refractivity contribution in [1.82, 2.24) is 19.9 Å². The lowest BCUT2D eigenvalue weighted by Crippen LogP contribution is -2.59. The molecule has 1 saturated carbocycles. The molecule has 1 fully saturated rings. The molecular formula is C35H40Cl2N4O7S. The molecule has 262 valence electrons. The highest BCUT2D eigenvalue weighted by atomic mass is 35.5. The van der Waals surface area contributed by atoms with E-state index in [1.54, 1.807) is 86.3 Å². The van der Waals surface area contributed by atoms with Crippen LogP contribution in [0.5, 0.6) is 5.88 Å². The first-order chi connectivity index (χ1) is 23.1. The van der Waals surface area contributed by atoms with Crippen LogP contribution in [-0.4, -0.2) is 66.6 Å². The third-order valence-corrected chi connectivity index (χ3v) is 9.67. The Balaban J connectivity index is 1.49. The zero-order chi connectivity index (χ0) is 35.5. The summed E-state index contributed by atoms with van der Waals surface area (Å²) in [4.78, 5) is 47.1. The lowest BCUT2D eigenvalue weighted by atomic mass is 9.76. The molecule has 2 aliphatic rings. The summed E-state index contributed by atoms with van der Waals surface area (Å²) in [5.74, 6) is -2.00. The van der Waals surface area contributed by atoms with Crippen molar-refractivity contribution in [3.63, 3.8) is 0 Å². The number of carbonyl (C=O) groups excluding carboxylic acids is 3. The molecule has 49 heavy (non-hydrogen) atoms. The average Bonchev–Trinajstić information content (AvgIpc) is 3.02. The highest BCUT2D eigenvalue weighted by Gasteiger charge is 2.49. The molecule has 0 unspecified atom stereocenters. The summed E-state index contributed by atoms with van der Waals surface area (Å²) in [6.45, 7) is 4.97. The lowest BCUT2D eigenvalue weighted by molar-refractivity contribution is -0.157. The quantitative estimate of drug-likeness (QED) is 0.258. The van der Waals surface area contributed by atoms with Crippen molar-refractivity contribution < 1.29 is 32.3 Å². The number of pyridine rings is 1. The first kappa shape index (κ1) is 36.6. The molecule has 5 rings (SSSR count). The molecule has 1 aliphatic carbocycles. The maximum absolute atomic E-state index is 14.5. The van der Waals surface area contributed by atoms with E-state index in [-0.39, 0.29) is 30.0 Å². The molecule has 2 amide bonds. The van der Waals surface area contributed by atoms with Gasteiger partial charge < -0.3 is 19.7 Å². The minimum Gasteiger partial charge on any atom is -0.466 e.